The van der Waals surface area contributed by atoms with Crippen molar-refractivity contribution in [3.8, 4) is 5.75 Å². The van der Waals surface area contributed by atoms with E-state index in [1.807, 2.05) is 0 Å². The number of aromatic nitrogens is 1. The van der Waals surface area contributed by atoms with E-state index in [2.05, 4.69) is 10.3 Å². The lowest BCUT2D eigenvalue weighted by Gasteiger charge is -2.30. The van der Waals surface area contributed by atoms with Crippen LogP contribution in [0.3, 0.4) is 0 Å². The Balaban J connectivity index is 1.28. The van der Waals surface area contributed by atoms with E-state index in [1.165, 1.54) is 30.3 Å². The molecule has 47 heavy (non-hydrogen) atoms. The smallest absolute Gasteiger partial charge is 0.416 e. The number of hydrogen-bond acceptors (Lipinski definition) is 9. The summed E-state index contributed by atoms with van der Waals surface area (Å²) >= 11 is 1.84. The molecule has 6 rings (SSSR count). The van der Waals surface area contributed by atoms with E-state index in [1.54, 1.807) is 31.2 Å². The highest BCUT2D eigenvalue weighted by molar-refractivity contribution is 8.00. The number of ether oxygens (including phenoxy) is 2. The Kier molecular flexibility index (Phi) is 8.68. The highest BCUT2D eigenvalue weighted by atomic mass is 32.2. The maximum absolute atomic E-state index is 14.0. The number of halogens is 3. The maximum atomic E-state index is 14.0. The molecule has 3 amide bonds. The van der Waals surface area contributed by atoms with E-state index in [0.717, 1.165) is 46.2 Å². The minimum Gasteiger partial charge on any atom is -0.483 e. The fraction of sp³-hybridized carbons (Fsp3) is 0.219. The molecule has 1 saturated heterocycles. The van der Waals surface area contributed by atoms with E-state index in [-0.39, 0.29) is 18.0 Å². The molecule has 15 heteroatoms. The summed E-state index contributed by atoms with van der Waals surface area (Å²) in [6.07, 6.45) is -4.69. The van der Waals surface area contributed by atoms with Crippen molar-refractivity contribution in [1.29, 1.82) is 0 Å². The largest absolute Gasteiger partial charge is 0.483 e. The van der Waals surface area contributed by atoms with Gasteiger partial charge >= 0.3 is 17.0 Å². The first-order valence-corrected chi connectivity index (χ1v) is 15.9. The molecule has 3 heterocycles. The number of imide groups is 1. The number of anilines is 2. The number of fused-ring (bicyclic) bond motifs is 2. The number of esters is 1. The number of thioether (sulfide) groups is 1. The fourth-order valence-electron chi connectivity index (χ4n) is 5.54. The molecule has 0 radical (unpaired) electrons. The van der Waals surface area contributed by atoms with Gasteiger partial charge in [0.25, 0.3) is 5.91 Å². The Morgan fingerprint density at radius 2 is 1.72 bits per heavy atom. The maximum Gasteiger partial charge on any atom is 0.416 e. The van der Waals surface area contributed by atoms with Crippen LogP contribution in [-0.4, -0.2) is 47.1 Å². The van der Waals surface area contributed by atoms with Gasteiger partial charge in [0.15, 0.2) is 6.61 Å². The van der Waals surface area contributed by atoms with Gasteiger partial charge in [0.2, 0.25) is 11.8 Å². The second kappa shape index (κ2) is 12.7. The van der Waals surface area contributed by atoms with Crippen molar-refractivity contribution in [2.45, 2.75) is 29.3 Å². The number of nitrogens with one attached hydrogen (secondary N) is 2. The van der Waals surface area contributed by atoms with Crippen molar-refractivity contribution < 1.29 is 41.8 Å². The van der Waals surface area contributed by atoms with Gasteiger partial charge in [0.05, 0.1) is 34.4 Å². The van der Waals surface area contributed by atoms with Gasteiger partial charge in [-0.25, -0.2) is 9.69 Å². The van der Waals surface area contributed by atoms with Crippen LogP contribution in [0.4, 0.5) is 24.5 Å². The Morgan fingerprint density at radius 3 is 2.45 bits per heavy atom. The Labute approximate surface area is 272 Å². The molecule has 1 fully saturated rings. The Bertz CT molecular complexity index is 1940. The van der Waals surface area contributed by atoms with E-state index < -0.39 is 64.0 Å². The molecule has 2 aliphatic rings. The van der Waals surface area contributed by atoms with E-state index in [0.29, 0.717) is 26.7 Å². The van der Waals surface area contributed by atoms with Crippen LogP contribution in [0.1, 0.15) is 39.2 Å². The highest BCUT2D eigenvalue weighted by Gasteiger charge is 2.57. The second-order valence-corrected chi connectivity index (χ2v) is 12.6. The number of alkyl halides is 3. The van der Waals surface area contributed by atoms with Crippen LogP contribution in [0.5, 0.6) is 5.75 Å². The number of carbonyl (C=O) groups is 4. The number of para-hydroxylation sites is 1. The minimum absolute atomic E-state index is 0.209. The van der Waals surface area contributed by atoms with Crippen molar-refractivity contribution in [3.05, 3.63) is 104 Å². The summed E-state index contributed by atoms with van der Waals surface area (Å²) in [4.78, 5) is 68.3. The number of rotatable bonds is 8. The molecular weight excluding hydrogens is 659 g/mol. The quantitative estimate of drug-likeness (QED) is 0.185. The molecule has 4 aromatic rings. The Hall–Kier alpha value is -4.89. The van der Waals surface area contributed by atoms with Crippen LogP contribution in [0.2, 0.25) is 0 Å². The third-order valence-electron chi connectivity index (χ3n) is 7.55. The molecule has 3 atom stereocenters. The molecule has 242 valence electrons. The average molecular weight is 684 g/mol. The molecule has 0 spiro atoms. The van der Waals surface area contributed by atoms with Crippen molar-refractivity contribution in [3.63, 3.8) is 0 Å². The molecular formula is C32H24F3N3O7S2. The van der Waals surface area contributed by atoms with Gasteiger partial charge in [0, 0.05) is 22.0 Å². The van der Waals surface area contributed by atoms with E-state index in [9.17, 15) is 37.1 Å². The summed E-state index contributed by atoms with van der Waals surface area (Å²) in [6.45, 7) is 1.46. The van der Waals surface area contributed by atoms with E-state index >= 15 is 0 Å². The molecule has 2 aliphatic heterocycles. The summed E-state index contributed by atoms with van der Waals surface area (Å²) in [6, 6.07) is 16.6. The van der Waals surface area contributed by atoms with Crippen LogP contribution in [0.25, 0.3) is 0 Å². The van der Waals surface area contributed by atoms with Gasteiger partial charge in [-0.3, -0.25) is 19.2 Å². The summed E-state index contributed by atoms with van der Waals surface area (Å²) in [7, 11) is 0. The van der Waals surface area contributed by atoms with Crippen LogP contribution in [-0.2, 0) is 25.3 Å². The van der Waals surface area contributed by atoms with Crippen molar-refractivity contribution in [2.24, 2.45) is 5.92 Å². The fourth-order valence-corrected chi connectivity index (χ4v) is 8.05. The molecule has 0 aliphatic carbocycles. The number of hydrogen-bond donors (Lipinski definition) is 2. The van der Waals surface area contributed by atoms with Crippen molar-refractivity contribution >= 4 is 58.2 Å². The predicted octanol–water partition coefficient (Wildman–Crippen LogP) is 5.45. The normalized spacial score (nSPS) is 18.8. The molecule has 3 unspecified atom stereocenters. The summed E-state index contributed by atoms with van der Waals surface area (Å²) in [5.74, 6) is -4.22. The van der Waals surface area contributed by atoms with Crippen molar-refractivity contribution in [1.82, 2.24) is 4.98 Å². The summed E-state index contributed by atoms with van der Waals surface area (Å²) in [5, 5.41) is 1.99. The minimum atomic E-state index is -4.69. The second-order valence-electron chi connectivity index (χ2n) is 10.5. The summed E-state index contributed by atoms with van der Waals surface area (Å²) in [5.41, 5.74) is -0.0875. The number of H-pyrrole nitrogens is 1. The molecule has 3 aromatic carbocycles. The number of amides is 3. The predicted molar refractivity (Wildman–Crippen MR) is 167 cm³/mol. The van der Waals surface area contributed by atoms with Gasteiger partial charge in [-0.1, -0.05) is 47.4 Å². The lowest BCUT2D eigenvalue weighted by atomic mass is 9.82. The third-order valence-corrected chi connectivity index (χ3v) is 9.95. The zero-order valence-electron chi connectivity index (χ0n) is 24.3. The van der Waals surface area contributed by atoms with Crippen LogP contribution >= 0.6 is 23.1 Å². The topological polar surface area (TPSA) is 135 Å². The molecule has 0 bridgehead atoms. The zero-order valence-corrected chi connectivity index (χ0v) is 26.0. The van der Waals surface area contributed by atoms with E-state index in [4.69, 9.17) is 9.47 Å². The Morgan fingerprint density at radius 1 is 0.979 bits per heavy atom. The highest BCUT2D eigenvalue weighted by Crippen LogP contribution is 2.54. The lowest BCUT2D eigenvalue weighted by Crippen LogP contribution is -2.32. The van der Waals surface area contributed by atoms with Crippen LogP contribution in [0.15, 0.2) is 82.6 Å². The molecule has 1 aromatic heterocycles. The number of carbonyl (C=O) groups excluding carboxylic acids is 4. The third kappa shape index (κ3) is 6.27. The number of aromatic amines is 1. The molecule has 2 N–H and O–H groups in total. The number of benzene rings is 3. The first-order valence-electron chi connectivity index (χ1n) is 14.2. The van der Waals surface area contributed by atoms with Crippen molar-refractivity contribution in [2.75, 3.05) is 23.4 Å². The van der Waals surface area contributed by atoms with Crippen LogP contribution in [0, 0.1) is 5.92 Å². The number of thiazole rings is 1. The van der Waals surface area contributed by atoms with Crippen LogP contribution < -0.4 is 19.8 Å². The average Bonchev–Trinajstić information content (AvgIpc) is 3.54. The lowest BCUT2D eigenvalue weighted by molar-refractivity contribution is -0.137. The zero-order chi connectivity index (χ0) is 33.5. The monoisotopic (exact) mass is 683 g/mol. The van der Waals surface area contributed by atoms with Gasteiger partial charge in [0.1, 0.15) is 11.0 Å². The van der Waals surface area contributed by atoms with Gasteiger partial charge in [-0.2, -0.15) is 13.2 Å². The van der Waals surface area contributed by atoms with Gasteiger partial charge in [-0.05, 0) is 55.5 Å². The first-order chi connectivity index (χ1) is 22.5. The SMILES string of the molecule is CCOC(=O)c1ccc(NC(=O)COc2ccccc2C2c3sc(=O)[nH]c3SC3C(=O)N(c4cccc(C(F)(F)F)c4)C(=O)C32)cc1. The number of nitrogens with zero attached hydrogens (tertiary/aromatic N) is 1. The van der Waals surface area contributed by atoms with Gasteiger partial charge < -0.3 is 19.8 Å². The molecule has 0 saturated carbocycles. The standard InChI is InChI=1S/C32H24F3N3O7S2/c1-2-44-30(42)16-10-12-18(13-11-16)36-22(39)15-45-21-9-4-3-8-20(21)23-24-26(46-27-25(23)47-31(43)37-27)29(41)38(28(24)40)19-7-5-6-17(14-19)32(33,34)35/h3-14,23-24,26H,2,15H2,1H3,(H,36,39)(H,37,43). The molecule has 10 nitrogen and oxygen atoms in total. The first kappa shape index (κ1) is 32.1. The van der Waals surface area contributed by atoms with Gasteiger partial charge in [-0.15, -0.1) is 0 Å². The summed E-state index contributed by atoms with van der Waals surface area (Å²) < 4.78 is 51.3.